The lowest BCUT2D eigenvalue weighted by Gasteiger charge is -2.30. The number of halogens is 3. The average Bonchev–Trinajstić information content (AvgIpc) is 2.43. The number of hydrogen-bond acceptors (Lipinski definition) is 5. The lowest BCUT2D eigenvalue weighted by atomic mass is 9.92. The third-order valence-electron chi connectivity index (χ3n) is 3.95. The van der Waals surface area contributed by atoms with Crippen molar-refractivity contribution < 1.29 is 27.6 Å². The number of benzene rings is 1. The van der Waals surface area contributed by atoms with E-state index >= 15 is 0 Å². The Morgan fingerprint density at radius 3 is 2.30 bits per heavy atom. The maximum atomic E-state index is 12.8. The molecular weight excluding hydrogens is 367 g/mol. The van der Waals surface area contributed by atoms with Crippen molar-refractivity contribution in [1.82, 2.24) is 0 Å². The number of nitro benzene ring substituents is 1. The maximum absolute atomic E-state index is 12.8. The summed E-state index contributed by atoms with van der Waals surface area (Å²) in [7, 11) is 0. The van der Waals surface area contributed by atoms with Gasteiger partial charge in [-0.2, -0.15) is 13.2 Å². The van der Waals surface area contributed by atoms with E-state index in [1.165, 1.54) is 0 Å². The number of nitrogens with two attached hydrogens (primary N) is 1. The molecule has 7 nitrogen and oxygen atoms in total. The minimum absolute atomic E-state index is 0.00523. The Morgan fingerprint density at radius 2 is 1.81 bits per heavy atom. The number of carbonyl (C=O) groups excluding carboxylic acids is 1. The van der Waals surface area contributed by atoms with Gasteiger partial charge in [-0.15, -0.1) is 0 Å². The van der Waals surface area contributed by atoms with Crippen LogP contribution in [0.3, 0.4) is 0 Å². The second kappa shape index (κ2) is 8.01. The van der Waals surface area contributed by atoms with Crippen LogP contribution in [0.25, 0.3) is 0 Å². The highest BCUT2D eigenvalue weighted by molar-refractivity contribution is 5.65. The predicted octanol–water partition coefficient (Wildman–Crippen LogP) is 4.85. The van der Waals surface area contributed by atoms with Crippen LogP contribution < -0.4 is 11.1 Å². The number of nitrogens with zero attached hydrogens (tertiary/aromatic N) is 1. The summed E-state index contributed by atoms with van der Waals surface area (Å²) in [5.41, 5.74) is 1.88. The standard InChI is InChI=1S/C17H24F3N3O4/c1-15(2,8-5-9-16(3,4)27-14(21)24)22-12-7-6-11(17(18,19)20)10-13(12)23(25)26/h6-7,10,22H,5,8-9H2,1-4H3,(H2,21,24). The van der Waals surface area contributed by atoms with Gasteiger partial charge in [0.15, 0.2) is 0 Å². The van der Waals surface area contributed by atoms with E-state index in [1.807, 2.05) is 0 Å². The van der Waals surface area contributed by atoms with Crippen LogP contribution >= 0.6 is 0 Å². The Labute approximate surface area is 155 Å². The molecule has 0 unspecified atom stereocenters. The molecule has 0 radical (unpaired) electrons. The molecule has 0 heterocycles. The monoisotopic (exact) mass is 391 g/mol. The molecule has 0 spiro atoms. The summed E-state index contributed by atoms with van der Waals surface area (Å²) in [6.45, 7) is 6.96. The number of nitro groups is 1. The fourth-order valence-corrected chi connectivity index (χ4v) is 2.67. The summed E-state index contributed by atoms with van der Waals surface area (Å²) >= 11 is 0. The highest BCUT2D eigenvalue weighted by Crippen LogP contribution is 2.36. The second-order valence-corrected chi connectivity index (χ2v) is 7.53. The van der Waals surface area contributed by atoms with Crippen LogP contribution in [0.4, 0.5) is 29.3 Å². The minimum Gasteiger partial charge on any atom is -0.444 e. The van der Waals surface area contributed by atoms with Gasteiger partial charge in [-0.3, -0.25) is 10.1 Å². The molecule has 0 aliphatic carbocycles. The van der Waals surface area contributed by atoms with Crippen LogP contribution in [-0.2, 0) is 10.9 Å². The quantitative estimate of drug-likeness (QED) is 0.487. The zero-order chi connectivity index (χ0) is 21.0. The number of ether oxygens (including phenoxy) is 1. The molecule has 0 aliphatic heterocycles. The van der Waals surface area contributed by atoms with E-state index in [1.54, 1.807) is 27.7 Å². The molecular formula is C17H24F3N3O4. The van der Waals surface area contributed by atoms with Crippen LogP contribution in [-0.4, -0.2) is 22.2 Å². The van der Waals surface area contributed by atoms with E-state index in [9.17, 15) is 28.1 Å². The fraction of sp³-hybridized carbons (Fsp3) is 0.588. The number of nitrogens with one attached hydrogen (secondary N) is 1. The fourth-order valence-electron chi connectivity index (χ4n) is 2.67. The van der Waals surface area contributed by atoms with Gasteiger partial charge < -0.3 is 15.8 Å². The molecule has 0 fully saturated rings. The van der Waals surface area contributed by atoms with Gasteiger partial charge in [0.2, 0.25) is 0 Å². The van der Waals surface area contributed by atoms with Crippen molar-refractivity contribution in [3.8, 4) is 0 Å². The number of alkyl halides is 3. The first-order valence-corrected chi connectivity index (χ1v) is 8.25. The highest BCUT2D eigenvalue weighted by Gasteiger charge is 2.34. The van der Waals surface area contributed by atoms with Crippen molar-refractivity contribution in [1.29, 1.82) is 0 Å². The molecule has 27 heavy (non-hydrogen) atoms. The molecule has 3 N–H and O–H groups in total. The van der Waals surface area contributed by atoms with Gasteiger partial charge in [-0.25, -0.2) is 4.79 Å². The number of hydrogen-bond donors (Lipinski definition) is 2. The van der Waals surface area contributed by atoms with E-state index in [-0.39, 0.29) is 5.69 Å². The lowest BCUT2D eigenvalue weighted by molar-refractivity contribution is -0.384. The SMILES string of the molecule is CC(C)(CCCC(C)(C)OC(N)=O)Nc1ccc(C(F)(F)F)cc1[N+](=O)[O-]. The molecule has 1 aromatic carbocycles. The second-order valence-electron chi connectivity index (χ2n) is 7.53. The highest BCUT2D eigenvalue weighted by atomic mass is 19.4. The molecule has 152 valence electrons. The van der Waals surface area contributed by atoms with Crippen LogP contribution in [0.5, 0.6) is 0 Å². The normalized spacial score (nSPS) is 12.6. The molecule has 1 aromatic rings. The number of amides is 1. The van der Waals surface area contributed by atoms with Gasteiger partial charge in [0.25, 0.3) is 5.69 Å². The summed E-state index contributed by atoms with van der Waals surface area (Å²) in [5.74, 6) is 0. The van der Waals surface area contributed by atoms with E-state index in [0.717, 1.165) is 12.1 Å². The molecule has 1 amide bonds. The van der Waals surface area contributed by atoms with Gasteiger partial charge in [0, 0.05) is 11.6 Å². The maximum Gasteiger partial charge on any atom is 0.416 e. The molecule has 0 atom stereocenters. The Morgan fingerprint density at radius 1 is 1.22 bits per heavy atom. The summed E-state index contributed by atoms with van der Waals surface area (Å²) in [5, 5.41) is 14.1. The zero-order valence-corrected chi connectivity index (χ0v) is 15.6. The van der Waals surface area contributed by atoms with Gasteiger partial charge >= 0.3 is 12.3 Å². The molecule has 0 saturated carbocycles. The first-order chi connectivity index (χ1) is 12.1. The van der Waals surface area contributed by atoms with Crippen molar-refractivity contribution >= 4 is 17.5 Å². The first-order valence-electron chi connectivity index (χ1n) is 8.25. The van der Waals surface area contributed by atoms with Crippen molar-refractivity contribution in [2.45, 2.75) is 64.3 Å². The molecule has 0 bridgehead atoms. The van der Waals surface area contributed by atoms with Gasteiger partial charge in [-0.1, -0.05) is 0 Å². The van der Waals surface area contributed by atoms with E-state index in [4.69, 9.17) is 10.5 Å². The first kappa shape index (κ1) is 22.5. The van der Waals surface area contributed by atoms with Crippen molar-refractivity contribution in [3.05, 3.63) is 33.9 Å². The van der Waals surface area contributed by atoms with E-state index in [0.29, 0.717) is 25.3 Å². The Kier molecular flexibility index (Phi) is 6.68. The largest absolute Gasteiger partial charge is 0.444 e. The topological polar surface area (TPSA) is 107 Å². The third-order valence-corrected chi connectivity index (χ3v) is 3.95. The Balaban J connectivity index is 2.86. The smallest absolute Gasteiger partial charge is 0.416 e. The average molecular weight is 391 g/mol. The van der Waals surface area contributed by atoms with Crippen LogP contribution in [0.15, 0.2) is 18.2 Å². The minimum atomic E-state index is -4.66. The van der Waals surface area contributed by atoms with Crippen LogP contribution in [0, 0.1) is 10.1 Å². The number of rotatable bonds is 8. The summed E-state index contributed by atoms with van der Waals surface area (Å²) in [4.78, 5) is 21.2. The van der Waals surface area contributed by atoms with Gasteiger partial charge in [0.05, 0.1) is 10.5 Å². The van der Waals surface area contributed by atoms with Crippen molar-refractivity contribution in [2.75, 3.05) is 5.32 Å². The van der Waals surface area contributed by atoms with Crippen LogP contribution in [0.1, 0.15) is 52.5 Å². The lowest BCUT2D eigenvalue weighted by Crippen LogP contribution is -2.34. The predicted molar refractivity (Wildman–Crippen MR) is 94.4 cm³/mol. The Bertz CT molecular complexity index is 703. The number of primary amides is 1. The third kappa shape index (κ3) is 7.32. The van der Waals surface area contributed by atoms with Gasteiger partial charge in [0.1, 0.15) is 11.3 Å². The molecule has 10 heteroatoms. The number of anilines is 1. The molecule has 0 aliphatic rings. The zero-order valence-electron chi connectivity index (χ0n) is 15.6. The summed E-state index contributed by atoms with van der Waals surface area (Å²) < 4.78 is 43.3. The number of carbonyl (C=O) groups is 1. The van der Waals surface area contributed by atoms with Crippen LogP contribution in [0.2, 0.25) is 0 Å². The van der Waals surface area contributed by atoms with Gasteiger partial charge in [-0.05, 0) is 59.1 Å². The Hall–Kier alpha value is -2.52. The molecule has 1 rings (SSSR count). The molecule has 0 saturated heterocycles. The van der Waals surface area contributed by atoms with E-state index in [2.05, 4.69) is 5.32 Å². The summed E-state index contributed by atoms with van der Waals surface area (Å²) in [6, 6.07) is 2.38. The van der Waals surface area contributed by atoms with Crippen molar-refractivity contribution in [2.24, 2.45) is 5.73 Å². The van der Waals surface area contributed by atoms with E-state index < -0.39 is 39.6 Å². The molecule has 0 aromatic heterocycles. The van der Waals surface area contributed by atoms with Crippen molar-refractivity contribution in [3.63, 3.8) is 0 Å². The summed E-state index contributed by atoms with van der Waals surface area (Å²) in [6.07, 6.45) is -3.93.